The van der Waals surface area contributed by atoms with Crippen LogP contribution < -0.4 is 5.32 Å². The van der Waals surface area contributed by atoms with Gasteiger partial charge in [0.05, 0.1) is 11.1 Å². The molecule has 126 valence electrons. The highest BCUT2D eigenvalue weighted by Gasteiger charge is 2.45. The maximum absolute atomic E-state index is 12.7. The SMILES string of the molecule is CC(C)C1(C)C=CC2=C(C=C1)C(=O)N(C1CCC(=O)NC1=O)C2=O. The monoisotopic (exact) mass is 328 g/mol. The van der Waals surface area contributed by atoms with Crippen LogP contribution in [0.1, 0.15) is 33.6 Å². The van der Waals surface area contributed by atoms with Crippen molar-refractivity contribution in [2.24, 2.45) is 11.3 Å². The zero-order chi connectivity index (χ0) is 17.6. The summed E-state index contributed by atoms with van der Waals surface area (Å²) in [6, 6.07) is -0.923. The van der Waals surface area contributed by atoms with E-state index in [4.69, 9.17) is 0 Å². The second kappa shape index (κ2) is 5.54. The minimum absolute atomic E-state index is 0.120. The van der Waals surface area contributed by atoms with Gasteiger partial charge in [-0.15, -0.1) is 0 Å². The Labute approximate surface area is 140 Å². The fraction of sp³-hybridized carbons (Fsp3) is 0.444. The normalized spacial score (nSPS) is 26.2. The summed E-state index contributed by atoms with van der Waals surface area (Å²) in [5.41, 5.74) is 0.375. The van der Waals surface area contributed by atoms with E-state index in [9.17, 15) is 19.2 Å². The number of allylic oxidation sites excluding steroid dienone is 2. The standard InChI is InChI=1S/C18H20N2O4/c1-10(2)18(3)8-6-11-12(7-9-18)17(24)20(16(11)23)13-4-5-14(21)19-15(13)22/h6-10,13H,4-5H2,1-3H3,(H,19,21,22). The van der Waals surface area contributed by atoms with Gasteiger partial charge in [0.1, 0.15) is 6.04 Å². The highest BCUT2D eigenvalue weighted by molar-refractivity contribution is 6.24. The molecular formula is C18H20N2O4. The molecule has 0 spiro atoms. The molecule has 6 heteroatoms. The fourth-order valence-corrected chi connectivity index (χ4v) is 3.08. The number of rotatable bonds is 2. The summed E-state index contributed by atoms with van der Waals surface area (Å²) in [5, 5.41) is 2.19. The Morgan fingerprint density at radius 3 is 2.08 bits per heavy atom. The quantitative estimate of drug-likeness (QED) is 0.773. The number of carbonyl (C=O) groups is 4. The van der Waals surface area contributed by atoms with Gasteiger partial charge in [-0.2, -0.15) is 0 Å². The first-order valence-corrected chi connectivity index (χ1v) is 8.09. The van der Waals surface area contributed by atoms with Gasteiger partial charge in [0.2, 0.25) is 11.8 Å². The van der Waals surface area contributed by atoms with E-state index >= 15 is 0 Å². The maximum Gasteiger partial charge on any atom is 0.262 e. The number of hydrogen-bond acceptors (Lipinski definition) is 4. The minimum atomic E-state index is -0.923. The average molecular weight is 328 g/mol. The lowest BCUT2D eigenvalue weighted by molar-refractivity contribution is -0.149. The van der Waals surface area contributed by atoms with Crippen molar-refractivity contribution in [3.8, 4) is 0 Å². The maximum atomic E-state index is 12.7. The molecule has 1 unspecified atom stereocenters. The summed E-state index contributed by atoms with van der Waals surface area (Å²) in [5.74, 6) is -1.61. The first kappa shape index (κ1) is 16.4. The lowest BCUT2D eigenvalue weighted by Gasteiger charge is -2.29. The summed E-state index contributed by atoms with van der Waals surface area (Å²) in [4.78, 5) is 49.7. The van der Waals surface area contributed by atoms with E-state index in [0.717, 1.165) is 4.90 Å². The topological polar surface area (TPSA) is 83.6 Å². The van der Waals surface area contributed by atoms with E-state index in [0.29, 0.717) is 17.1 Å². The second-order valence-electron chi connectivity index (χ2n) is 6.96. The highest BCUT2D eigenvalue weighted by atomic mass is 16.2. The summed E-state index contributed by atoms with van der Waals surface area (Å²) in [6.45, 7) is 6.19. The Morgan fingerprint density at radius 2 is 1.62 bits per heavy atom. The lowest BCUT2D eigenvalue weighted by atomic mass is 9.78. The van der Waals surface area contributed by atoms with Crippen LogP contribution in [-0.2, 0) is 19.2 Å². The number of carbonyl (C=O) groups excluding carboxylic acids is 4. The van der Waals surface area contributed by atoms with Crippen molar-refractivity contribution in [2.75, 3.05) is 0 Å². The van der Waals surface area contributed by atoms with Gasteiger partial charge in [0, 0.05) is 11.8 Å². The third-order valence-corrected chi connectivity index (χ3v) is 5.17. The number of nitrogens with one attached hydrogen (secondary N) is 1. The Bertz CT molecular complexity index is 706. The van der Waals surface area contributed by atoms with Gasteiger partial charge in [-0.25, -0.2) is 0 Å². The van der Waals surface area contributed by atoms with Gasteiger partial charge in [0.25, 0.3) is 11.8 Å². The zero-order valence-electron chi connectivity index (χ0n) is 14.0. The molecule has 0 aromatic carbocycles. The smallest absolute Gasteiger partial charge is 0.262 e. The van der Waals surface area contributed by atoms with Gasteiger partial charge < -0.3 is 0 Å². The summed E-state index contributed by atoms with van der Waals surface area (Å²) in [6.07, 6.45) is 7.50. The second-order valence-corrected chi connectivity index (χ2v) is 6.96. The third kappa shape index (κ3) is 2.42. The van der Waals surface area contributed by atoms with Gasteiger partial charge in [-0.3, -0.25) is 29.4 Å². The number of imide groups is 2. The fourth-order valence-electron chi connectivity index (χ4n) is 3.08. The van der Waals surface area contributed by atoms with Gasteiger partial charge in [0.15, 0.2) is 0 Å². The van der Waals surface area contributed by atoms with E-state index in [1.807, 2.05) is 19.1 Å². The van der Waals surface area contributed by atoms with E-state index < -0.39 is 23.8 Å². The van der Waals surface area contributed by atoms with E-state index in [-0.39, 0.29) is 24.2 Å². The van der Waals surface area contributed by atoms with Crippen molar-refractivity contribution in [1.29, 1.82) is 0 Å². The van der Waals surface area contributed by atoms with E-state index in [1.165, 1.54) is 0 Å². The molecule has 3 rings (SSSR count). The van der Waals surface area contributed by atoms with Crippen LogP contribution in [0.2, 0.25) is 0 Å². The van der Waals surface area contributed by atoms with E-state index in [1.54, 1.807) is 12.2 Å². The molecule has 0 saturated carbocycles. The summed E-state index contributed by atoms with van der Waals surface area (Å²) >= 11 is 0. The van der Waals surface area contributed by atoms with E-state index in [2.05, 4.69) is 19.2 Å². The van der Waals surface area contributed by atoms with Crippen LogP contribution in [0.4, 0.5) is 0 Å². The van der Waals surface area contributed by atoms with Crippen LogP contribution in [-0.4, -0.2) is 34.6 Å². The molecule has 0 aromatic rings. The molecule has 6 nitrogen and oxygen atoms in total. The Balaban J connectivity index is 1.91. The van der Waals surface area contributed by atoms with Crippen LogP contribution in [0.15, 0.2) is 35.5 Å². The van der Waals surface area contributed by atoms with Gasteiger partial charge in [-0.05, 0) is 12.3 Å². The summed E-state index contributed by atoms with van der Waals surface area (Å²) < 4.78 is 0. The number of amides is 4. The molecule has 0 bridgehead atoms. The van der Waals surface area contributed by atoms with Gasteiger partial charge >= 0.3 is 0 Å². The molecule has 2 aliphatic heterocycles. The van der Waals surface area contributed by atoms with Crippen LogP contribution in [0, 0.1) is 11.3 Å². The predicted molar refractivity (Wildman–Crippen MR) is 86.3 cm³/mol. The molecule has 1 fully saturated rings. The number of piperidine rings is 1. The van der Waals surface area contributed by atoms with Crippen molar-refractivity contribution in [2.45, 2.75) is 39.7 Å². The lowest BCUT2D eigenvalue weighted by Crippen LogP contribution is -2.54. The van der Waals surface area contributed by atoms with Crippen molar-refractivity contribution in [3.63, 3.8) is 0 Å². The number of nitrogens with zero attached hydrogens (tertiary/aromatic N) is 1. The Kier molecular flexibility index (Phi) is 3.78. The van der Waals surface area contributed by atoms with Crippen molar-refractivity contribution < 1.29 is 19.2 Å². The first-order valence-electron chi connectivity index (χ1n) is 8.09. The molecule has 1 aliphatic carbocycles. The Morgan fingerprint density at radius 1 is 1.08 bits per heavy atom. The third-order valence-electron chi connectivity index (χ3n) is 5.17. The first-order chi connectivity index (χ1) is 11.2. The Hall–Kier alpha value is -2.50. The minimum Gasteiger partial charge on any atom is -0.295 e. The van der Waals surface area contributed by atoms with Crippen LogP contribution in [0.3, 0.4) is 0 Å². The molecule has 0 radical (unpaired) electrons. The van der Waals surface area contributed by atoms with Crippen LogP contribution in [0.5, 0.6) is 0 Å². The molecule has 4 amide bonds. The predicted octanol–water partition coefficient (Wildman–Crippen LogP) is 1.25. The largest absolute Gasteiger partial charge is 0.295 e. The van der Waals surface area contributed by atoms with Crippen LogP contribution in [0.25, 0.3) is 0 Å². The molecule has 1 atom stereocenters. The molecular weight excluding hydrogens is 308 g/mol. The molecule has 2 heterocycles. The molecule has 0 aromatic heterocycles. The molecule has 1 saturated heterocycles. The molecule has 24 heavy (non-hydrogen) atoms. The zero-order valence-corrected chi connectivity index (χ0v) is 14.0. The summed E-state index contributed by atoms with van der Waals surface area (Å²) in [7, 11) is 0. The average Bonchev–Trinajstić information content (AvgIpc) is 2.65. The number of hydrogen-bond donors (Lipinski definition) is 1. The van der Waals surface area contributed by atoms with Crippen LogP contribution >= 0.6 is 0 Å². The highest BCUT2D eigenvalue weighted by Crippen LogP contribution is 2.37. The van der Waals surface area contributed by atoms with Crippen molar-refractivity contribution in [1.82, 2.24) is 10.2 Å². The molecule has 1 N–H and O–H groups in total. The molecule has 3 aliphatic rings. The van der Waals surface area contributed by atoms with Crippen molar-refractivity contribution >= 4 is 23.6 Å². The van der Waals surface area contributed by atoms with Crippen molar-refractivity contribution in [3.05, 3.63) is 35.5 Å². The van der Waals surface area contributed by atoms with Gasteiger partial charge in [-0.1, -0.05) is 45.1 Å².